The molecule has 1 aromatic carbocycles. The summed E-state index contributed by atoms with van der Waals surface area (Å²) in [5.74, 6) is -0.762. The van der Waals surface area contributed by atoms with Crippen LogP contribution in [0.15, 0.2) is 18.2 Å². The summed E-state index contributed by atoms with van der Waals surface area (Å²) in [4.78, 5) is 42.2. The predicted octanol–water partition coefficient (Wildman–Crippen LogP) is 5.83. The molecule has 0 aromatic heterocycles. The topological polar surface area (TPSA) is 87.7 Å². The summed E-state index contributed by atoms with van der Waals surface area (Å²) in [5.41, 5.74) is 1.39. The third-order valence-electron chi connectivity index (χ3n) is 6.09. The minimum Gasteiger partial charge on any atom is -0.444 e. The van der Waals surface area contributed by atoms with E-state index in [0.29, 0.717) is 6.54 Å². The Kier molecular flexibility index (Phi) is 11.5. The highest BCUT2D eigenvalue weighted by atomic mass is 16.6. The number of nitrogens with one attached hydrogen (secondary N) is 2. The molecule has 1 aromatic rings. The third-order valence-corrected chi connectivity index (χ3v) is 6.09. The molecule has 0 aliphatic rings. The van der Waals surface area contributed by atoms with Gasteiger partial charge in [-0.3, -0.25) is 9.59 Å². The van der Waals surface area contributed by atoms with Gasteiger partial charge in [-0.05, 0) is 84.4 Å². The van der Waals surface area contributed by atoms with Crippen molar-refractivity contribution in [3.8, 4) is 0 Å². The zero-order valence-electron chi connectivity index (χ0n) is 24.4. The monoisotopic (exact) mass is 503 g/mol. The molecule has 0 bridgehead atoms. The van der Waals surface area contributed by atoms with Crippen LogP contribution in [0.4, 0.5) is 4.79 Å². The van der Waals surface area contributed by atoms with Gasteiger partial charge in [-0.15, -0.1) is 0 Å². The largest absolute Gasteiger partial charge is 0.444 e. The molecule has 2 N–H and O–H groups in total. The maximum atomic E-state index is 14.2. The summed E-state index contributed by atoms with van der Waals surface area (Å²) >= 11 is 0. The molecule has 0 radical (unpaired) electrons. The second-order valence-electron chi connectivity index (χ2n) is 11.9. The number of amides is 3. The average Bonchev–Trinajstić information content (AvgIpc) is 2.72. The van der Waals surface area contributed by atoms with Crippen molar-refractivity contribution < 1.29 is 19.1 Å². The molecule has 0 fully saturated rings. The summed E-state index contributed by atoms with van der Waals surface area (Å²) in [7, 11) is 0. The van der Waals surface area contributed by atoms with Gasteiger partial charge in [-0.1, -0.05) is 51.8 Å². The molecule has 7 nitrogen and oxygen atoms in total. The highest BCUT2D eigenvalue weighted by Gasteiger charge is 2.43. The van der Waals surface area contributed by atoms with E-state index in [4.69, 9.17) is 4.74 Å². The average molecular weight is 504 g/mol. The molecule has 36 heavy (non-hydrogen) atoms. The fourth-order valence-electron chi connectivity index (χ4n) is 4.09. The van der Waals surface area contributed by atoms with Crippen molar-refractivity contribution in [1.29, 1.82) is 0 Å². The smallest absolute Gasteiger partial charge is 0.408 e. The highest BCUT2D eigenvalue weighted by Crippen LogP contribution is 2.33. The van der Waals surface area contributed by atoms with Crippen LogP contribution in [0.3, 0.4) is 0 Å². The molecule has 2 unspecified atom stereocenters. The van der Waals surface area contributed by atoms with Crippen molar-refractivity contribution in [3.63, 3.8) is 0 Å². The lowest BCUT2D eigenvalue weighted by atomic mass is 9.90. The second kappa shape index (κ2) is 13.1. The SMILES string of the molecule is CCCCCNC(=O)C(c1cccc(C)c1C)N(C(=O)C(NC(=O)OC(C)(C)C)C(C)C)C(C)(C)C. The van der Waals surface area contributed by atoms with Crippen molar-refractivity contribution in [2.24, 2.45) is 5.92 Å². The fourth-order valence-corrected chi connectivity index (χ4v) is 4.09. The van der Waals surface area contributed by atoms with Crippen molar-refractivity contribution in [1.82, 2.24) is 15.5 Å². The van der Waals surface area contributed by atoms with Crippen LogP contribution in [0.25, 0.3) is 0 Å². The molecule has 7 heteroatoms. The summed E-state index contributed by atoms with van der Waals surface area (Å²) in [6, 6.07) is 4.12. The Labute approximate surface area is 218 Å². The van der Waals surface area contributed by atoms with Gasteiger partial charge in [-0.25, -0.2) is 4.79 Å². The van der Waals surface area contributed by atoms with Crippen molar-refractivity contribution >= 4 is 17.9 Å². The van der Waals surface area contributed by atoms with E-state index in [2.05, 4.69) is 17.6 Å². The van der Waals surface area contributed by atoms with Gasteiger partial charge in [0, 0.05) is 12.1 Å². The van der Waals surface area contributed by atoms with Gasteiger partial charge in [-0.2, -0.15) is 0 Å². The van der Waals surface area contributed by atoms with E-state index in [1.54, 1.807) is 25.7 Å². The van der Waals surface area contributed by atoms with Crippen LogP contribution < -0.4 is 10.6 Å². The molecule has 204 valence electrons. The zero-order valence-corrected chi connectivity index (χ0v) is 24.4. The zero-order chi connectivity index (χ0) is 27.8. The van der Waals surface area contributed by atoms with Crippen molar-refractivity contribution in [2.45, 2.75) is 119 Å². The Hall–Kier alpha value is -2.57. The Morgan fingerprint density at radius 2 is 1.61 bits per heavy atom. The molecule has 0 aliphatic carbocycles. The Balaban J connectivity index is 3.56. The van der Waals surface area contributed by atoms with Gasteiger partial charge in [0.2, 0.25) is 11.8 Å². The Morgan fingerprint density at radius 1 is 1.00 bits per heavy atom. The number of unbranched alkanes of at least 4 members (excludes halogenated alkanes) is 2. The van der Waals surface area contributed by atoms with Crippen LogP contribution in [-0.4, -0.2) is 46.5 Å². The number of alkyl carbamates (subject to hydrolysis) is 1. The van der Waals surface area contributed by atoms with E-state index >= 15 is 0 Å². The number of nitrogens with zero attached hydrogens (tertiary/aromatic N) is 1. The maximum absolute atomic E-state index is 14.2. The summed E-state index contributed by atoms with van der Waals surface area (Å²) in [6.45, 7) is 21.5. The van der Waals surface area contributed by atoms with Crippen LogP contribution in [0.2, 0.25) is 0 Å². The molecule has 2 atom stereocenters. The predicted molar refractivity (Wildman–Crippen MR) is 146 cm³/mol. The van der Waals surface area contributed by atoms with Crippen LogP contribution in [-0.2, 0) is 14.3 Å². The first-order chi connectivity index (χ1) is 16.5. The number of hydrogen-bond acceptors (Lipinski definition) is 4. The molecule has 0 aliphatic heterocycles. The van der Waals surface area contributed by atoms with E-state index in [9.17, 15) is 14.4 Å². The molecule has 3 amide bonds. The molecular formula is C29H49N3O4. The van der Waals surface area contributed by atoms with E-state index < -0.39 is 29.3 Å². The summed E-state index contributed by atoms with van der Waals surface area (Å²) < 4.78 is 5.44. The number of carbonyl (C=O) groups is 3. The number of ether oxygens (including phenoxy) is 1. The van der Waals surface area contributed by atoms with E-state index in [1.807, 2.05) is 66.7 Å². The minimum absolute atomic E-state index is 0.220. The molecule has 0 spiro atoms. The number of rotatable bonds is 10. The van der Waals surface area contributed by atoms with Gasteiger partial charge >= 0.3 is 6.09 Å². The summed E-state index contributed by atoms with van der Waals surface area (Å²) in [5, 5.41) is 5.84. The number of aryl methyl sites for hydroxylation is 1. The van der Waals surface area contributed by atoms with Crippen LogP contribution in [0, 0.1) is 19.8 Å². The first-order valence-corrected chi connectivity index (χ1v) is 13.2. The van der Waals surface area contributed by atoms with Gasteiger partial charge in [0.05, 0.1) is 0 Å². The van der Waals surface area contributed by atoms with Gasteiger partial charge in [0.25, 0.3) is 0 Å². The maximum Gasteiger partial charge on any atom is 0.408 e. The highest BCUT2D eigenvalue weighted by molar-refractivity contribution is 5.93. The lowest BCUT2D eigenvalue weighted by molar-refractivity contribution is -0.149. The standard InChI is InChI=1S/C29H49N3O4/c1-12-13-14-18-30-25(33)24(22-17-15-16-20(4)21(22)5)32(28(6,7)8)26(34)23(19(2)3)31-27(35)36-29(9,10)11/h15-17,19,23-24H,12-14,18H2,1-11H3,(H,30,33)(H,31,35). The second-order valence-corrected chi connectivity index (χ2v) is 11.9. The lowest BCUT2D eigenvalue weighted by Gasteiger charge is -2.44. The normalized spacial score (nSPS) is 13.7. The van der Waals surface area contributed by atoms with Crippen LogP contribution in [0.5, 0.6) is 0 Å². The molecular weight excluding hydrogens is 454 g/mol. The molecule has 1 rings (SSSR count). The van der Waals surface area contributed by atoms with Gasteiger partial charge in [0.1, 0.15) is 17.7 Å². The molecule has 0 saturated carbocycles. The van der Waals surface area contributed by atoms with Gasteiger partial charge in [0.15, 0.2) is 0 Å². The van der Waals surface area contributed by atoms with Crippen molar-refractivity contribution in [2.75, 3.05) is 6.54 Å². The number of carbonyl (C=O) groups excluding carboxylic acids is 3. The van der Waals surface area contributed by atoms with E-state index in [0.717, 1.165) is 36.0 Å². The minimum atomic E-state index is -0.861. The van der Waals surface area contributed by atoms with E-state index in [-0.39, 0.29) is 17.7 Å². The fraction of sp³-hybridized carbons (Fsp3) is 0.690. The third kappa shape index (κ3) is 9.14. The van der Waals surface area contributed by atoms with Crippen LogP contribution >= 0.6 is 0 Å². The quantitative estimate of drug-likeness (QED) is 0.393. The first kappa shape index (κ1) is 31.5. The number of hydrogen-bond donors (Lipinski definition) is 2. The van der Waals surface area contributed by atoms with Crippen LogP contribution in [0.1, 0.15) is 104 Å². The first-order valence-electron chi connectivity index (χ1n) is 13.2. The Bertz CT molecular complexity index is 897. The van der Waals surface area contributed by atoms with Gasteiger partial charge < -0.3 is 20.3 Å². The van der Waals surface area contributed by atoms with Crippen molar-refractivity contribution in [3.05, 3.63) is 34.9 Å². The Morgan fingerprint density at radius 3 is 2.11 bits per heavy atom. The molecule has 0 saturated heterocycles. The van der Waals surface area contributed by atoms with E-state index in [1.165, 1.54) is 0 Å². The molecule has 0 heterocycles. The number of benzene rings is 1. The lowest BCUT2D eigenvalue weighted by Crippen LogP contribution is -2.60. The summed E-state index contributed by atoms with van der Waals surface area (Å²) in [6.07, 6.45) is 2.29.